The molecule has 6 nitrogen and oxygen atoms in total. The number of para-hydroxylation sites is 1. The molecule has 0 aliphatic carbocycles. The minimum absolute atomic E-state index is 0.0832. The fourth-order valence-electron chi connectivity index (χ4n) is 1.82. The second kappa shape index (κ2) is 6.45. The van der Waals surface area contributed by atoms with Crippen LogP contribution in [0.3, 0.4) is 0 Å². The third-order valence-electron chi connectivity index (χ3n) is 2.90. The lowest BCUT2D eigenvalue weighted by Gasteiger charge is -2.08. The summed E-state index contributed by atoms with van der Waals surface area (Å²) in [6.07, 6.45) is 0. The van der Waals surface area contributed by atoms with Crippen LogP contribution in [0.25, 0.3) is 10.2 Å². The average molecular weight is 334 g/mol. The first-order chi connectivity index (χ1) is 10.6. The van der Waals surface area contributed by atoms with Crippen molar-refractivity contribution in [3.63, 3.8) is 0 Å². The van der Waals surface area contributed by atoms with E-state index >= 15 is 0 Å². The van der Waals surface area contributed by atoms with Crippen LogP contribution in [0, 0.1) is 6.92 Å². The molecule has 1 atom stereocenters. The molecule has 0 saturated carbocycles. The van der Waals surface area contributed by atoms with Gasteiger partial charge < -0.3 is 9.84 Å². The monoisotopic (exact) mass is 334 g/mol. The quantitative estimate of drug-likeness (QED) is 0.723. The third kappa shape index (κ3) is 3.45. The van der Waals surface area contributed by atoms with Gasteiger partial charge in [-0.2, -0.15) is 4.98 Å². The Morgan fingerprint density at radius 2 is 2.23 bits per heavy atom. The van der Waals surface area contributed by atoms with Gasteiger partial charge in [-0.3, -0.25) is 4.79 Å². The number of thioether (sulfide) groups is 1. The Kier molecular flexibility index (Phi) is 4.39. The highest BCUT2D eigenvalue weighted by Gasteiger charge is 2.17. The number of aromatic nitrogens is 3. The Balaban J connectivity index is 1.58. The largest absolute Gasteiger partial charge is 0.346 e. The number of benzene rings is 1. The van der Waals surface area contributed by atoms with Gasteiger partial charge in [0.05, 0.1) is 22.0 Å². The zero-order valence-electron chi connectivity index (χ0n) is 12.1. The second-order valence-electron chi connectivity index (χ2n) is 4.66. The smallest absolute Gasteiger partial charge is 0.246 e. The van der Waals surface area contributed by atoms with Gasteiger partial charge in [0, 0.05) is 0 Å². The van der Waals surface area contributed by atoms with Crippen LogP contribution in [-0.4, -0.2) is 26.3 Å². The predicted octanol–water partition coefficient (Wildman–Crippen LogP) is 2.78. The van der Waals surface area contributed by atoms with Crippen molar-refractivity contribution >= 4 is 39.2 Å². The number of nitrogens with zero attached hydrogens (tertiary/aromatic N) is 3. The molecule has 1 unspecified atom stereocenters. The highest BCUT2D eigenvalue weighted by Crippen LogP contribution is 2.31. The average Bonchev–Trinajstić information content (AvgIpc) is 3.09. The molecule has 1 N–H and O–H groups in total. The highest BCUT2D eigenvalue weighted by molar-refractivity contribution is 8.02. The van der Waals surface area contributed by atoms with Crippen molar-refractivity contribution in [1.82, 2.24) is 20.4 Å². The third-order valence-corrected chi connectivity index (χ3v) is 5.13. The lowest BCUT2D eigenvalue weighted by atomic mass is 10.3. The maximum absolute atomic E-state index is 12.1. The van der Waals surface area contributed by atoms with Gasteiger partial charge in [0.2, 0.25) is 11.8 Å². The molecular formula is C14H14N4O2S2. The number of fused-ring (bicyclic) bond motifs is 1. The standard InChI is InChI=1S/C14H14N4O2S2/c1-8(13(19)15-7-12-16-9(2)18-20-12)21-14-17-10-5-3-4-6-11(10)22-14/h3-6,8H,7H2,1-2H3,(H,15,19). The molecule has 1 aromatic carbocycles. The van der Waals surface area contributed by atoms with Gasteiger partial charge in [0.1, 0.15) is 0 Å². The number of carbonyl (C=O) groups excluding carboxylic acids is 1. The predicted molar refractivity (Wildman–Crippen MR) is 85.8 cm³/mol. The molecule has 0 bridgehead atoms. The van der Waals surface area contributed by atoms with E-state index in [0.717, 1.165) is 14.6 Å². The summed E-state index contributed by atoms with van der Waals surface area (Å²) in [6.45, 7) is 3.83. The molecule has 0 aliphatic heterocycles. The van der Waals surface area contributed by atoms with Crippen LogP contribution in [-0.2, 0) is 11.3 Å². The molecule has 114 valence electrons. The Morgan fingerprint density at radius 1 is 1.41 bits per heavy atom. The first-order valence-electron chi connectivity index (χ1n) is 6.71. The van der Waals surface area contributed by atoms with Crippen LogP contribution in [0.1, 0.15) is 18.6 Å². The minimum atomic E-state index is -0.246. The fraction of sp³-hybridized carbons (Fsp3) is 0.286. The highest BCUT2D eigenvalue weighted by atomic mass is 32.2. The maximum Gasteiger partial charge on any atom is 0.246 e. The number of carbonyl (C=O) groups is 1. The molecular weight excluding hydrogens is 320 g/mol. The number of nitrogens with one attached hydrogen (secondary N) is 1. The van der Waals surface area contributed by atoms with Crippen molar-refractivity contribution in [3.05, 3.63) is 36.0 Å². The van der Waals surface area contributed by atoms with Gasteiger partial charge in [-0.25, -0.2) is 4.98 Å². The summed E-state index contributed by atoms with van der Waals surface area (Å²) in [6, 6.07) is 7.94. The summed E-state index contributed by atoms with van der Waals surface area (Å²) >= 11 is 3.04. The molecule has 3 aromatic rings. The number of hydrogen-bond donors (Lipinski definition) is 1. The van der Waals surface area contributed by atoms with Crippen LogP contribution in [0.2, 0.25) is 0 Å². The summed E-state index contributed by atoms with van der Waals surface area (Å²) in [7, 11) is 0. The molecule has 8 heteroatoms. The van der Waals surface area contributed by atoms with E-state index in [0.29, 0.717) is 11.7 Å². The maximum atomic E-state index is 12.1. The summed E-state index contributed by atoms with van der Waals surface area (Å²) < 4.78 is 6.97. The van der Waals surface area contributed by atoms with Crippen molar-refractivity contribution in [2.75, 3.05) is 0 Å². The van der Waals surface area contributed by atoms with E-state index in [1.165, 1.54) is 11.8 Å². The lowest BCUT2D eigenvalue weighted by molar-refractivity contribution is -0.120. The van der Waals surface area contributed by atoms with E-state index in [2.05, 4.69) is 20.4 Å². The van der Waals surface area contributed by atoms with E-state index < -0.39 is 0 Å². The van der Waals surface area contributed by atoms with Crippen molar-refractivity contribution in [3.8, 4) is 0 Å². The van der Waals surface area contributed by atoms with Gasteiger partial charge in [-0.05, 0) is 26.0 Å². The molecule has 0 aliphatic rings. The summed E-state index contributed by atoms with van der Waals surface area (Å²) in [5.74, 6) is 0.879. The number of hydrogen-bond acceptors (Lipinski definition) is 7. The van der Waals surface area contributed by atoms with Gasteiger partial charge in [0.25, 0.3) is 0 Å². The van der Waals surface area contributed by atoms with Gasteiger partial charge in [-0.1, -0.05) is 29.1 Å². The lowest BCUT2D eigenvalue weighted by Crippen LogP contribution is -2.30. The molecule has 3 rings (SSSR count). The molecule has 0 fully saturated rings. The van der Waals surface area contributed by atoms with Crippen LogP contribution in [0.5, 0.6) is 0 Å². The van der Waals surface area contributed by atoms with E-state index in [4.69, 9.17) is 4.52 Å². The van der Waals surface area contributed by atoms with E-state index in [1.807, 2.05) is 31.2 Å². The fourth-order valence-corrected chi connectivity index (χ4v) is 4.06. The zero-order valence-corrected chi connectivity index (χ0v) is 13.7. The zero-order chi connectivity index (χ0) is 15.5. The van der Waals surface area contributed by atoms with Crippen molar-refractivity contribution in [2.45, 2.75) is 30.0 Å². The molecule has 1 amide bonds. The Hall–Kier alpha value is -1.93. The molecule has 0 radical (unpaired) electrons. The summed E-state index contributed by atoms with van der Waals surface area (Å²) in [5.41, 5.74) is 0.962. The van der Waals surface area contributed by atoms with Crippen molar-refractivity contribution in [2.24, 2.45) is 0 Å². The molecule has 22 heavy (non-hydrogen) atoms. The molecule has 0 spiro atoms. The summed E-state index contributed by atoms with van der Waals surface area (Å²) in [4.78, 5) is 20.7. The van der Waals surface area contributed by atoms with Crippen LogP contribution >= 0.6 is 23.1 Å². The SMILES string of the molecule is Cc1noc(CNC(=O)C(C)Sc2nc3ccccc3s2)n1. The Bertz CT molecular complexity index is 766. The molecule has 2 aromatic heterocycles. The van der Waals surface area contributed by atoms with E-state index in [1.54, 1.807) is 18.3 Å². The minimum Gasteiger partial charge on any atom is -0.346 e. The first kappa shape index (κ1) is 15.0. The number of amides is 1. The van der Waals surface area contributed by atoms with E-state index in [-0.39, 0.29) is 17.7 Å². The summed E-state index contributed by atoms with van der Waals surface area (Å²) in [5, 5.41) is 6.22. The Labute approximate surface area is 135 Å². The first-order valence-corrected chi connectivity index (χ1v) is 8.40. The van der Waals surface area contributed by atoms with Gasteiger partial charge in [-0.15, -0.1) is 11.3 Å². The van der Waals surface area contributed by atoms with Gasteiger partial charge >= 0.3 is 0 Å². The normalized spacial score (nSPS) is 12.5. The van der Waals surface area contributed by atoms with Gasteiger partial charge in [0.15, 0.2) is 10.2 Å². The van der Waals surface area contributed by atoms with E-state index in [9.17, 15) is 4.79 Å². The molecule has 0 saturated heterocycles. The topological polar surface area (TPSA) is 80.9 Å². The van der Waals surface area contributed by atoms with Crippen molar-refractivity contribution in [1.29, 1.82) is 0 Å². The van der Waals surface area contributed by atoms with Crippen LogP contribution in [0.15, 0.2) is 33.1 Å². The molecule has 2 heterocycles. The number of thiazole rings is 1. The van der Waals surface area contributed by atoms with Crippen LogP contribution < -0.4 is 5.32 Å². The number of rotatable bonds is 5. The van der Waals surface area contributed by atoms with Crippen molar-refractivity contribution < 1.29 is 9.32 Å². The Morgan fingerprint density at radius 3 is 2.95 bits per heavy atom. The number of aryl methyl sites for hydroxylation is 1. The second-order valence-corrected chi connectivity index (χ2v) is 7.28. The van der Waals surface area contributed by atoms with Crippen LogP contribution in [0.4, 0.5) is 0 Å².